The summed E-state index contributed by atoms with van der Waals surface area (Å²) < 4.78 is 5.11. The molecule has 0 atom stereocenters. The van der Waals surface area contributed by atoms with Gasteiger partial charge in [0.15, 0.2) is 0 Å². The van der Waals surface area contributed by atoms with Gasteiger partial charge in [0.25, 0.3) is 0 Å². The lowest BCUT2D eigenvalue weighted by molar-refractivity contribution is -0.111. The minimum Gasteiger partial charge on any atom is -0.465 e. The number of hydrogen-bond donors (Lipinski definition) is 3. The van der Waals surface area contributed by atoms with Crippen LogP contribution in [0.5, 0.6) is 0 Å². The minimum absolute atomic E-state index is 0.203. The molecule has 3 N–H and O–H groups in total. The van der Waals surface area contributed by atoms with Gasteiger partial charge in [-0.2, -0.15) is 0 Å². The minimum atomic E-state index is -0.256. The highest BCUT2D eigenvalue weighted by Gasteiger charge is 2.23. The molecule has 0 saturated heterocycles. The zero-order chi connectivity index (χ0) is 16.1. The number of carbonyl (C=O) groups is 2. The molecule has 3 amide bonds. The van der Waals surface area contributed by atoms with Crippen LogP contribution >= 0.6 is 0 Å². The number of carbonyl (C=O) groups excluding carboxylic acids is 2. The fourth-order valence-corrected chi connectivity index (χ4v) is 1.94. The third-order valence-corrected chi connectivity index (χ3v) is 3.27. The largest absolute Gasteiger partial charge is 0.465 e. The van der Waals surface area contributed by atoms with E-state index in [1.54, 1.807) is 48.7 Å². The summed E-state index contributed by atoms with van der Waals surface area (Å²) >= 11 is 0. The van der Waals surface area contributed by atoms with Crippen LogP contribution in [0.2, 0.25) is 0 Å². The van der Waals surface area contributed by atoms with E-state index in [-0.39, 0.29) is 11.9 Å². The molecule has 118 valence electrons. The van der Waals surface area contributed by atoms with Crippen molar-refractivity contribution in [2.24, 2.45) is 0 Å². The van der Waals surface area contributed by atoms with Crippen molar-refractivity contribution in [3.05, 3.63) is 54.5 Å². The number of benzene rings is 1. The van der Waals surface area contributed by atoms with Crippen LogP contribution < -0.4 is 16.0 Å². The number of rotatable bonds is 5. The first-order valence-corrected chi connectivity index (χ1v) is 7.39. The van der Waals surface area contributed by atoms with E-state index in [9.17, 15) is 9.59 Å². The highest BCUT2D eigenvalue weighted by Crippen LogP contribution is 2.19. The topological polar surface area (TPSA) is 83.4 Å². The number of amides is 3. The summed E-state index contributed by atoms with van der Waals surface area (Å²) in [5.41, 5.74) is 1.32. The second-order valence-corrected chi connectivity index (χ2v) is 5.29. The third-order valence-electron chi connectivity index (χ3n) is 3.27. The van der Waals surface area contributed by atoms with Crippen molar-refractivity contribution < 1.29 is 14.0 Å². The summed E-state index contributed by atoms with van der Waals surface area (Å²) in [6.45, 7) is 0. The Morgan fingerprint density at radius 3 is 2.35 bits per heavy atom. The molecule has 1 aromatic heterocycles. The van der Waals surface area contributed by atoms with Crippen molar-refractivity contribution in [1.29, 1.82) is 0 Å². The van der Waals surface area contributed by atoms with E-state index in [1.165, 1.54) is 6.08 Å². The normalized spacial score (nSPS) is 13.7. The standard InChI is InChI=1S/C17H17N3O3/c21-16(10-9-15-2-1-11-23-15)18-12-3-5-13(6-4-12)19-17(22)20-14-7-8-14/h1-6,9-11,14H,7-8H2,(H,18,21)(H2,19,20,22)/b10-9+. The van der Waals surface area contributed by atoms with Crippen LogP contribution in [0.3, 0.4) is 0 Å². The summed E-state index contributed by atoms with van der Waals surface area (Å²) in [5.74, 6) is 0.356. The lowest BCUT2D eigenvalue weighted by Crippen LogP contribution is -2.30. The zero-order valence-electron chi connectivity index (χ0n) is 12.4. The predicted molar refractivity (Wildman–Crippen MR) is 88.0 cm³/mol. The van der Waals surface area contributed by atoms with E-state index in [0.717, 1.165) is 12.8 Å². The maximum atomic E-state index is 11.8. The van der Waals surface area contributed by atoms with Crippen molar-refractivity contribution >= 4 is 29.4 Å². The second kappa shape index (κ2) is 6.83. The Bertz CT molecular complexity index is 701. The van der Waals surface area contributed by atoms with E-state index in [0.29, 0.717) is 23.2 Å². The van der Waals surface area contributed by atoms with Gasteiger partial charge in [-0.25, -0.2) is 4.79 Å². The maximum Gasteiger partial charge on any atom is 0.319 e. The van der Waals surface area contributed by atoms with Gasteiger partial charge in [0.05, 0.1) is 6.26 Å². The van der Waals surface area contributed by atoms with Gasteiger partial charge in [-0.05, 0) is 55.3 Å². The molecule has 0 aliphatic heterocycles. The molecule has 1 aliphatic carbocycles. The lowest BCUT2D eigenvalue weighted by atomic mass is 10.2. The number of urea groups is 1. The Hall–Kier alpha value is -3.02. The molecule has 0 spiro atoms. The van der Waals surface area contributed by atoms with Gasteiger partial charge in [0.2, 0.25) is 5.91 Å². The van der Waals surface area contributed by atoms with Crippen molar-refractivity contribution in [3.8, 4) is 0 Å². The smallest absolute Gasteiger partial charge is 0.319 e. The Kier molecular flexibility index (Phi) is 4.42. The predicted octanol–water partition coefficient (Wildman–Crippen LogP) is 3.22. The van der Waals surface area contributed by atoms with E-state index < -0.39 is 0 Å². The summed E-state index contributed by atoms with van der Waals surface area (Å²) in [7, 11) is 0. The highest BCUT2D eigenvalue weighted by molar-refractivity contribution is 6.02. The van der Waals surface area contributed by atoms with Crippen LogP contribution in [0.15, 0.2) is 53.2 Å². The Morgan fingerprint density at radius 1 is 1.04 bits per heavy atom. The van der Waals surface area contributed by atoms with E-state index in [2.05, 4.69) is 16.0 Å². The lowest BCUT2D eigenvalue weighted by Gasteiger charge is -2.07. The summed E-state index contributed by atoms with van der Waals surface area (Å²) in [6.07, 6.45) is 6.62. The molecule has 23 heavy (non-hydrogen) atoms. The molecule has 1 aromatic carbocycles. The van der Waals surface area contributed by atoms with Crippen molar-refractivity contribution in [2.45, 2.75) is 18.9 Å². The molecule has 1 fully saturated rings. The fourth-order valence-electron chi connectivity index (χ4n) is 1.94. The fraction of sp³-hybridized carbons (Fsp3) is 0.176. The molecule has 1 saturated carbocycles. The molecule has 1 aliphatic rings. The van der Waals surface area contributed by atoms with Gasteiger partial charge in [0.1, 0.15) is 5.76 Å². The van der Waals surface area contributed by atoms with E-state index >= 15 is 0 Å². The average Bonchev–Trinajstić information content (AvgIpc) is 3.18. The number of furan rings is 1. The maximum absolute atomic E-state index is 11.8. The molecule has 1 heterocycles. The highest BCUT2D eigenvalue weighted by atomic mass is 16.3. The first kappa shape index (κ1) is 14.9. The Balaban J connectivity index is 1.50. The van der Waals surface area contributed by atoms with Crippen molar-refractivity contribution in [1.82, 2.24) is 5.32 Å². The monoisotopic (exact) mass is 311 g/mol. The summed E-state index contributed by atoms with van der Waals surface area (Å²) in [4.78, 5) is 23.4. The van der Waals surface area contributed by atoms with Crippen LogP contribution in [-0.2, 0) is 4.79 Å². The summed E-state index contributed by atoms with van der Waals surface area (Å²) in [6, 6.07) is 10.5. The van der Waals surface area contributed by atoms with Gasteiger partial charge < -0.3 is 20.4 Å². The Labute approximate surface area is 133 Å². The quantitative estimate of drug-likeness (QED) is 0.741. The number of anilines is 2. The molecule has 6 heteroatoms. The molecule has 6 nitrogen and oxygen atoms in total. The van der Waals surface area contributed by atoms with Gasteiger partial charge in [-0.15, -0.1) is 0 Å². The van der Waals surface area contributed by atoms with E-state index in [4.69, 9.17) is 4.42 Å². The van der Waals surface area contributed by atoms with Crippen LogP contribution in [0.1, 0.15) is 18.6 Å². The van der Waals surface area contributed by atoms with E-state index in [1.807, 2.05) is 0 Å². The van der Waals surface area contributed by atoms with Gasteiger partial charge in [0, 0.05) is 23.5 Å². The zero-order valence-corrected chi connectivity index (χ0v) is 12.4. The Morgan fingerprint density at radius 2 is 1.74 bits per heavy atom. The SMILES string of the molecule is O=C(/C=C/c1ccco1)Nc1ccc(NC(=O)NC2CC2)cc1. The van der Waals surface area contributed by atoms with Crippen LogP contribution in [0.25, 0.3) is 6.08 Å². The van der Waals surface area contributed by atoms with Gasteiger partial charge >= 0.3 is 6.03 Å². The van der Waals surface area contributed by atoms with Crippen molar-refractivity contribution in [3.63, 3.8) is 0 Å². The van der Waals surface area contributed by atoms with Crippen LogP contribution in [-0.4, -0.2) is 18.0 Å². The molecule has 0 bridgehead atoms. The number of nitrogens with one attached hydrogen (secondary N) is 3. The summed E-state index contributed by atoms with van der Waals surface area (Å²) in [5, 5.41) is 8.32. The first-order valence-electron chi connectivity index (χ1n) is 7.39. The first-order chi connectivity index (χ1) is 11.2. The third kappa shape index (κ3) is 4.74. The molecular formula is C17H17N3O3. The van der Waals surface area contributed by atoms with Crippen LogP contribution in [0.4, 0.5) is 16.2 Å². The van der Waals surface area contributed by atoms with Crippen LogP contribution in [0, 0.1) is 0 Å². The molecule has 3 rings (SSSR count). The second-order valence-electron chi connectivity index (χ2n) is 5.29. The van der Waals surface area contributed by atoms with Crippen molar-refractivity contribution in [2.75, 3.05) is 10.6 Å². The number of hydrogen-bond acceptors (Lipinski definition) is 3. The molecule has 0 radical (unpaired) electrons. The molecule has 0 unspecified atom stereocenters. The molecule has 2 aromatic rings. The van der Waals surface area contributed by atoms with Gasteiger partial charge in [-0.1, -0.05) is 0 Å². The average molecular weight is 311 g/mol. The molecular weight excluding hydrogens is 294 g/mol. The van der Waals surface area contributed by atoms with Gasteiger partial charge in [-0.3, -0.25) is 4.79 Å².